The van der Waals surface area contributed by atoms with Crippen LogP contribution < -0.4 is 4.90 Å². The van der Waals surface area contributed by atoms with E-state index in [4.69, 9.17) is 11.6 Å². The number of carbonyl (C=O) groups is 2. The summed E-state index contributed by atoms with van der Waals surface area (Å²) >= 11 is 5.82. The Hall–Kier alpha value is -2.40. The molecule has 1 aliphatic rings. The zero-order chi connectivity index (χ0) is 15.9. The van der Waals surface area contributed by atoms with Gasteiger partial charge in [-0.05, 0) is 29.8 Å². The van der Waals surface area contributed by atoms with Crippen LogP contribution in [0.4, 0.5) is 10.1 Å². The van der Waals surface area contributed by atoms with E-state index in [-0.39, 0.29) is 17.1 Å². The number of carboxylic acid groups (broad SMARTS) is 1. The molecule has 4 nitrogen and oxygen atoms in total. The third-order valence-electron chi connectivity index (χ3n) is 3.67. The monoisotopic (exact) mass is 319 g/mol. The van der Waals surface area contributed by atoms with Crippen molar-refractivity contribution in [2.45, 2.75) is 5.92 Å². The van der Waals surface area contributed by atoms with Crippen LogP contribution in [-0.4, -0.2) is 23.5 Å². The maximum absolute atomic E-state index is 13.9. The van der Waals surface area contributed by atoms with E-state index >= 15 is 0 Å². The van der Waals surface area contributed by atoms with Crippen LogP contribution in [0.3, 0.4) is 0 Å². The highest BCUT2D eigenvalue weighted by Gasteiger charge is 2.37. The van der Waals surface area contributed by atoms with Gasteiger partial charge < -0.3 is 10.0 Å². The van der Waals surface area contributed by atoms with Crippen LogP contribution >= 0.6 is 11.6 Å². The molecule has 0 fully saturated rings. The summed E-state index contributed by atoms with van der Waals surface area (Å²) in [5.41, 5.74) is 0.860. The van der Waals surface area contributed by atoms with Gasteiger partial charge in [0.1, 0.15) is 11.7 Å². The van der Waals surface area contributed by atoms with Crippen molar-refractivity contribution >= 4 is 29.2 Å². The number of benzene rings is 2. The molecule has 0 unspecified atom stereocenters. The molecule has 112 valence electrons. The number of fused-ring (bicyclic) bond motifs is 1. The highest BCUT2D eigenvalue weighted by atomic mass is 35.5. The van der Waals surface area contributed by atoms with E-state index in [0.29, 0.717) is 11.3 Å². The predicted molar refractivity (Wildman–Crippen MR) is 79.9 cm³/mol. The summed E-state index contributed by atoms with van der Waals surface area (Å²) in [7, 11) is 0. The average molecular weight is 320 g/mol. The molecule has 1 atom stereocenters. The van der Waals surface area contributed by atoms with Crippen molar-refractivity contribution in [3.8, 4) is 0 Å². The first-order chi connectivity index (χ1) is 10.5. The van der Waals surface area contributed by atoms with Crippen molar-refractivity contribution in [2.24, 2.45) is 0 Å². The van der Waals surface area contributed by atoms with Gasteiger partial charge in [0.05, 0.1) is 5.56 Å². The molecule has 2 aromatic rings. The van der Waals surface area contributed by atoms with Gasteiger partial charge in [-0.1, -0.05) is 29.8 Å². The lowest BCUT2D eigenvalue weighted by atomic mass is 10.0. The van der Waals surface area contributed by atoms with E-state index in [0.717, 1.165) is 6.07 Å². The van der Waals surface area contributed by atoms with E-state index in [1.807, 2.05) is 0 Å². The molecule has 0 aromatic heterocycles. The van der Waals surface area contributed by atoms with Gasteiger partial charge in [-0.25, -0.2) is 4.39 Å². The lowest BCUT2D eigenvalue weighted by Gasteiger charge is -2.18. The highest BCUT2D eigenvalue weighted by Crippen LogP contribution is 2.37. The molecular weight excluding hydrogens is 309 g/mol. The number of amides is 1. The number of para-hydroxylation sites is 1. The van der Waals surface area contributed by atoms with Gasteiger partial charge in [-0.15, -0.1) is 0 Å². The van der Waals surface area contributed by atoms with Crippen molar-refractivity contribution in [1.82, 2.24) is 0 Å². The van der Waals surface area contributed by atoms with Gasteiger partial charge in [-0.3, -0.25) is 9.59 Å². The Morgan fingerprint density at radius 1 is 1.23 bits per heavy atom. The van der Waals surface area contributed by atoms with Gasteiger partial charge >= 0.3 is 5.97 Å². The zero-order valence-electron chi connectivity index (χ0n) is 11.3. The Kier molecular flexibility index (Phi) is 3.58. The Morgan fingerprint density at radius 2 is 1.95 bits per heavy atom. The minimum absolute atomic E-state index is 0.0283. The van der Waals surface area contributed by atoms with Crippen molar-refractivity contribution in [3.05, 3.63) is 64.4 Å². The highest BCUT2D eigenvalue weighted by molar-refractivity contribution is 6.31. The van der Waals surface area contributed by atoms with Crippen LogP contribution in [0.2, 0.25) is 5.02 Å². The maximum Gasteiger partial charge on any atom is 0.312 e. The number of hydrogen-bond acceptors (Lipinski definition) is 2. The second-order valence-electron chi connectivity index (χ2n) is 4.99. The van der Waals surface area contributed by atoms with Gasteiger partial charge in [-0.2, -0.15) is 0 Å². The fourth-order valence-electron chi connectivity index (χ4n) is 2.62. The first-order valence-electron chi connectivity index (χ1n) is 6.57. The number of rotatable bonds is 2. The molecular formula is C16H11ClFNO3. The Labute approximate surface area is 130 Å². The normalized spacial score (nSPS) is 16.5. The van der Waals surface area contributed by atoms with E-state index in [9.17, 15) is 19.1 Å². The molecule has 0 saturated carbocycles. The van der Waals surface area contributed by atoms with Crippen LogP contribution in [0.1, 0.15) is 21.8 Å². The lowest BCUT2D eigenvalue weighted by molar-refractivity contribution is -0.138. The van der Waals surface area contributed by atoms with Gasteiger partial charge in [0, 0.05) is 17.3 Å². The fourth-order valence-corrected chi connectivity index (χ4v) is 2.79. The van der Waals surface area contributed by atoms with Gasteiger partial charge in [0.25, 0.3) is 5.91 Å². The molecule has 1 heterocycles. The molecule has 1 N–H and O–H groups in total. The number of carboxylic acids is 1. The quantitative estimate of drug-likeness (QED) is 0.924. The predicted octanol–water partition coefficient (Wildman–Crippen LogP) is 3.31. The molecule has 0 spiro atoms. The van der Waals surface area contributed by atoms with Crippen molar-refractivity contribution < 1.29 is 19.1 Å². The Balaban J connectivity index is 2.04. The fraction of sp³-hybridized carbons (Fsp3) is 0.125. The summed E-state index contributed by atoms with van der Waals surface area (Å²) in [5, 5.41) is 9.54. The van der Waals surface area contributed by atoms with Gasteiger partial charge in [0.15, 0.2) is 0 Å². The van der Waals surface area contributed by atoms with E-state index in [1.54, 1.807) is 24.3 Å². The van der Waals surface area contributed by atoms with Crippen LogP contribution in [0.25, 0.3) is 0 Å². The van der Waals surface area contributed by atoms with Crippen molar-refractivity contribution in [1.29, 1.82) is 0 Å². The minimum Gasteiger partial charge on any atom is -0.481 e. The topological polar surface area (TPSA) is 57.6 Å². The first-order valence-corrected chi connectivity index (χ1v) is 6.95. The molecule has 2 aromatic carbocycles. The third-order valence-corrected chi connectivity index (χ3v) is 3.91. The number of hydrogen-bond donors (Lipinski definition) is 1. The van der Waals surface area contributed by atoms with Gasteiger partial charge in [0.2, 0.25) is 0 Å². The third kappa shape index (κ3) is 2.33. The molecule has 0 radical (unpaired) electrons. The maximum atomic E-state index is 13.9. The van der Waals surface area contributed by atoms with Crippen LogP contribution in [-0.2, 0) is 4.79 Å². The zero-order valence-corrected chi connectivity index (χ0v) is 12.0. The second-order valence-corrected chi connectivity index (χ2v) is 5.43. The molecule has 6 heteroatoms. The SMILES string of the molecule is O=C(O)[C@H]1CN(C(=O)c2cc(Cl)ccc2F)c2ccccc21. The molecule has 22 heavy (non-hydrogen) atoms. The molecule has 1 aliphatic heterocycles. The molecule has 3 rings (SSSR count). The smallest absolute Gasteiger partial charge is 0.312 e. The lowest BCUT2D eigenvalue weighted by Crippen LogP contribution is -2.31. The summed E-state index contributed by atoms with van der Waals surface area (Å²) in [6.45, 7) is -0.0283. The van der Waals surface area contributed by atoms with E-state index < -0.39 is 23.6 Å². The largest absolute Gasteiger partial charge is 0.481 e. The summed E-state index contributed by atoms with van der Waals surface area (Å²) in [6.07, 6.45) is 0. The van der Waals surface area contributed by atoms with Crippen molar-refractivity contribution in [2.75, 3.05) is 11.4 Å². The molecule has 1 amide bonds. The summed E-state index contributed by atoms with van der Waals surface area (Å²) in [5.74, 6) is -3.13. The van der Waals surface area contributed by atoms with E-state index in [1.165, 1.54) is 17.0 Å². The number of halogens is 2. The summed E-state index contributed by atoms with van der Waals surface area (Å²) in [6, 6.07) is 10.4. The molecule has 0 saturated heterocycles. The standard InChI is InChI=1S/C16H11ClFNO3/c17-9-5-6-13(18)11(7-9)15(20)19-8-12(16(21)22)10-3-1-2-4-14(10)19/h1-7,12H,8H2,(H,21,22)/t12-/m0/s1. The van der Waals surface area contributed by atoms with Crippen LogP contribution in [0, 0.1) is 5.82 Å². The number of anilines is 1. The van der Waals surface area contributed by atoms with Crippen LogP contribution in [0.15, 0.2) is 42.5 Å². The molecule has 0 aliphatic carbocycles. The van der Waals surface area contributed by atoms with Crippen LogP contribution in [0.5, 0.6) is 0 Å². The minimum atomic E-state index is -1.02. The number of aliphatic carboxylic acids is 1. The molecule has 0 bridgehead atoms. The summed E-state index contributed by atoms with van der Waals surface area (Å²) in [4.78, 5) is 25.2. The Bertz CT molecular complexity index is 778. The average Bonchev–Trinajstić information content (AvgIpc) is 2.89. The Morgan fingerprint density at radius 3 is 2.68 bits per heavy atom. The number of carbonyl (C=O) groups excluding carboxylic acids is 1. The first kappa shape index (κ1) is 14.5. The summed E-state index contributed by atoms with van der Waals surface area (Å²) < 4.78 is 13.9. The number of nitrogens with zero attached hydrogens (tertiary/aromatic N) is 1. The van der Waals surface area contributed by atoms with Crippen molar-refractivity contribution in [3.63, 3.8) is 0 Å². The van der Waals surface area contributed by atoms with E-state index in [2.05, 4.69) is 0 Å². The second kappa shape index (κ2) is 5.42.